The SMILES string of the molecule is CC1CCCN(c2nc(-c3ccco3)nc3ccccc23)C1. The maximum Gasteiger partial charge on any atom is 0.198 e. The van der Waals surface area contributed by atoms with Gasteiger partial charge in [-0.3, -0.25) is 0 Å². The van der Waals surface area contributed by atoms with Crippen LogP contribution in [0, 0.1) is 5.92 Å². The van der Waals surface area contributed by atoms with E-state index in [4.69, 9.17) is 9.40 Å². The summed E-state index contributed by atoms with van der Waals surface area (Å²) in [5.74, 6) is 3.12. The molecule has 1 aromatic carbocycles. The van der Waals surface area contributed by atoms with Gasteiger partial charge >= 0.3 is 0 Å². The predicted molar refractivity (Wildman–Crippen MR) is 87.9 cm³/mol. The Morgan fingerprint density at radius 3 is 2.86 bits per heavy atom. The fraction of sp³-hybridized carbons (Fsp3) is 0.333. The van der Waals surface area contributed by atoms with Crippen LogP contribution in [0.15, 0.2) is 47.1 Å². The molecule has 22 heavy (non-hydrogen) atoms. The molecule has 1 fully saturated rings. The van der Waals surface area contributed by atoms with Crippen molar-refractivity contribution in [2.45, 2.75) is 19.8 Å². The number of furan rings is 1. The van der Waals surface area contributed by atoms with Crippen molar-refractivity contribution in [3.05, 3.63) is 42.7 Å². The van der Waals surface area contributed by atoms with Crippen molar-refractivity contribution in [3.8, 4) is 11.6 Å². The van der Waals surface area contributed by atoms with E-state index in [1.807, 2.05) is 24.3 Å². The van der Waals surface area contributed by atoms with Crippen molar-refractivity contribution >= 4 is 16.7 Å². The summed E-state index contributed by atoms with van der Waals surface area (Å²) < 4.78 is 5.49. The van der Waals surface area contributed by atoms with Gasteiger partial charge in [0, 0.05) is 18.5 Å². The number of benzene rings is 1. The van der Waals surface area contributed by atoms with Gasteiger partial charge in [0.15, 0.2) is 11.6 Å². The van der Waals surface area contributed by atoms with Crippen LogP contribution in [0.5, 0.6) is 0 Å². The van der Waals surface area contributed by atoms with E-state index in [0.717, 1.165) is 35.6 Å². The first-order valence-corrected chi connectivity index (χ1v) is 7.87. The second-order valence-corrected chi connectivity index (χ2v) is 6.06. The fourth-order valence-corrected chi connectivity index (χ4v) is 3.20. The van der Waals surface area contributed by atoms with E-state index >= 15 is 0 Å². The zero-order valence-electron chi connectivity index (χ0n) is 12.7. The monoisotopic (exact) mass is 293 g/mol. The second kappa shape index (κ2) is 5.44. The van der Waals surface area contributed by atoms with E-state index in [0.29, 0.717) is 11.7 Å². The molecule has 4 nitrogen and oxygen atoms in total. The number of piperidine rings is 1. The van der Waals surface area contributed by atoms with Crippen LogP contribution in [0.2, 0.25) is 0 Å². The van der Waals surface area contributed by atoms with Gasteiger partial charge in [-0.15, -0.1) is 0 Å². The first-order chi connectivity index (χ1) is 10.8. The summed E-state index contributed by atoms with van der Waals surface area (Å²) >= 11 is 0. The molecule has 1 atom stereocenters. The van der Waals surface area contributed by atoms with Crippen molar-refractivity contribution in [2.75, 3.05) is 18.0 Å². The third-order valence-electron chi connectivity index (χ3n) is 4.28. The van der Waals surface area contributed by atoms with E-state index in [1.54, 1.807) is 6.26 Å². The van der Waals surface area contributed by atoms with Gasteiger partial charge in [0.25, 0.3) is 0 Å². The van der Waals surface area contributed by atoms with E-state index < -0.39 is 0 Å². The highest BCUT2D eigenvalue weighted by Crippen LogP contribution is 2.30. The number of fused-ring (bicyclic) bond motifs is 1. The third kappa shape index (κ3) is 2.34. The number of para-hydroxylation sites is 1. The summed E-state index contributed by atoms with van der Waals surface area (Å²) in [4.78, 5) is 11.9. The van der Waals surface area contributed by atoms with Crippen molar-refractivity contribution in [1.29, 1.82) is 0 Å². The topological polar surface area (TPSA) is 42.2 Å². The number of aromatic nitrogens is 2. The van der Waals surface area contributed by atoms with E-state index in [9.17, 15) is 0 Å². The molecule has 112 valence electrons. The molecule has 4 rings (SSSR count). The minimum absolute atomic E-state index is 0.664. The lowest BCUT2D eigenvalue weighted by Gasteiger charge is -2.32. The third-order valence-corrected chi connectivity index (χ3v) is 4.28. The van der Waals surface area contributed by atoms with Crippen molar-refractivity contribution in [3.63, 3.8) is 0 Å². The van der Waals surface area contributed by atoms with Crippen molar-refractivity contribution < 1.29 is 4.42 Å². The summed E-state index contributed by atoms with van der Waals surface area (Å²) in [7, 11) is 0. The van der Waals surface area contributed by atoms with Crippen LogP contribution in [-0.4, -0.2) is 23.1 Å². The lowest BCUT2D eigenvalue weighted by Crippen LogP contribution is -2.35. The average molecular weight is 293 g/mol. The second-order valence-electron chi connectivity index (χ2n) is 6.06. The van der Waals surface area contributed by atoms with Gasteiger partial charge in [0.2, 0.25) is 0 Å². The molecular formula is C18H19N3O. The Bertz CT molecular complexity index is 782. The molecule has 0 amide bonds. The Morgan fingerprint density at radius 2 is 2.05 bits per heavy atom. The summed E-state index contributed by atoms with van der Waals surface area (Å²) in [5.41, 5.74) is 0.970. The molecule has 1 aliphatic heterocycles. The Labute approximate surface area is 129 Å². The maximum absolute atomic E-state index is 5.49. The van der Waals surface area contributed by atoms with Crippen LogP contribution in [0.4, 0.5) is 5.82 Å². The molecule has 0 saturated carbocycles. The van der Waals surface area contributed by atoms with Crippen molar-refractivity contribution in [1.82, 2.24) is 9.97 Å². The number of hydrogen-bond acceptors (Lipinski definition) is 4. The highest BCUT2D eigenvalue weighted by molar-refractivity contribution is 5.90. The molecule has 1 saturated heterocycles. The molecule has 4 heteroatoms. The van der Waals surface area contributed by atoms with Crippen molar-refractivity contribution in [2.24, 2.45) is 5.92 Å². The summed E-state index contributed by atoms with van der Waals surface area (Å²) in [6, 6.07) is 12.0. The predicted octanol–water partition coefficient (Wildman–Crippen LogP) is 4.13. The quantitative estimate of drug-likeness (QED) is 0.712. The molecule has 3 aromatic rings. The van der Waals surface area contributed by atoms with Gasteiger partial charge in [-0.2, -0.15) is 0 Å². The van der Waals surface area contributed by atoms with Crippen LogP contribution in [0.3, 0.4) is 0 Å². The Kier molecular flexibility index (Phi) is 3.29. The van der Waals surface area contributed by atoms with Crippen LogP contribution < -0.4 is 4.90 Å². The zero-order valence-corrected chi connectivity index (χ0v) is 12.7. The van der Waals surface area contributed by atoms with Gasteiger partial charge in [-0.25, -0.2) is 9.97 Å². The molecule has 2 aromatic heterocycles. The Hall–Kier alpha value is -2.36. The minimum atomic E-state index is 0.664. The fourth-order valence-electron chi connectivity index (χ4n) is 3.20. The molecule has 0 bridgehead atoms. The van der Waals surface area contributed by atoms with Crippen LogP contribution in [-0.2, 0) is 0 Å². The highest BCUT2D eigenvalue weighted by atomic mass is 16.3. The molecule has 0 radical (unpaired) electrons. The Balaban J connectivity index is 1.87. The molecule has 1 unspecified atom stereocenters. The molecule has 3 heterocycles. The first kappa shape index (κ1) is 13.3. The van der Waals surface area contributed by atoms with Gasteiger partial charge in [0.1, 0.15) is 5.82 Å². The first-order valence-electron chi connectivity index (χ1n) is 7.87. The highest BCUT2D eigenvalue weighted by Gasteiger charge is 2.21. The lowest BCUT2D eigenvalue weighted by molar-refractivity contribution is 0.445. The maximum atomic E-state index is 5.49. The van der Waals surface area contributed by atoms with E-state index in [2.05, 4.69) is 28.9 Å². The molecule has 0 spiro atoms. The van der Waals surface area contributed by atoms with Gasteiger partial charge in [-0.1, -0.05) is 19.1 Å². The largest absolute Gasteiger partial charge is 0.461 e. The molecular weight excluding hydrogens is 274 g/mol. The number of hydrogen-bond donors (Lipinski definition) is 0. The lowest BCUT2D eigenvalue weighted by atomic mass is 10.00. The van der Waals surface area contributed by atoms with Crippen LogP contribution >= 0.6 is 0 Å². The zero-order chi connectivity index (χ0) is 14.9. The Morgan fingerprint density at radius 1 is 1.14 bits per heavy atom. The van der Waals surface area contributed by atoms with E-state index in [-0.39, 0.29) is 0 Å². The smallest absolute Gasteiger partial charge is 0.198 e. The summed E-state index contributed by atoms with van der Waals surface area (Å²) in [5, 5.41) is 1.12. The van der Waals surface area contributed by atoms with Gasteiger partial charge in [0.05, 0.1) is 11.8 Å². The average Bonchev–Trinajstić information content (AvgIpc) is 3.08. The van der Waals surface area contributed by atoms with Crippen LogP contribution in [0.25, 0.3) is 22.5 Å². The molecule has 1 aliphatic rings. The summed E-state index contributed by atoms with van der Waals surface area (Å²) in [6.45, 7) is 4.42. The standard InChI is InChI=1S/C18H19N3O/c1-13-6-4-10-21(12-13)18-14-7-2-3-8-15(14)19-17(20-18)16-9-5-11-22-16/h2-3,5,7-9,11,13H,4,6,10,12H2,1H3. The molecule has 0 N–H and O–H groups in total. The number of nitrogens with zero attached hydrogens (tertiary/aromatic N) is 3. The van der Waals surface area contributed by atoms with Gasteiger partial charge in [-0.05, 0) is 43.0 Å². The summed E-state index contributed by atoms with van der Waals surface area (Å²) in [6.07, 6.45) is 4.18. The number of anilines is 1. The minimum Gasteiger partial charge on any atom is -0.461 e. The van der Waals surface area contributed by atoms with E-state index in [1.165, 1.54) is 12.8 Å². The normalized spacial score (nSPS) is 18.8. The molecule has 0 aliphatic carbocycles. The number of rotatable bonds is 2. The van der Waals surface area contributed by atoms with Crippen LogP contribution in [0.1, 0.15) is 19.8 Å². The van der Waals surface area contributed by atoms with Gasteiger partial charge < -0.3 is 9.32 Å².